The molecule has 0 saturated heterocycles. The Morgan fingerprint density at radius 2 is 2.29 bits per heavy atom. The maximum atomic E-state index is 11.4. The predicted octanol–water partition coefficient (Wildman–Crippen LogP) is -0.0912. The van der Waals surface area contributed by atoms with Crippen LogP contribution in [0.5, 0.6) is 0 Å². The zero-order valence-corrected chi connectivity index (χ0v) is 9.98. The Bertz CT molecular complexity index is 598. The van der Waals surface area contributed by atoms with Gasteiger partial charge in [-0.2, -0.15) is 5.10 Å². The third kappa shape index (κ3) is 2.14. The first kappa shape index (κ1) is 11.6. The number of aromatic nitrogens is 4. The van der Waals surface area contributed by atoms with Crippen LogP contribution in [0.25, 0.3) is 5.65 Å². The van der Waals surface area contributed by atoms with Gasteiger partial charge in [0.15, 0.2) is 5.65 Å². The van der Waals surface area contributed by atoms with Crippen LogP contribution < -0.4 is 11.0 Å². The molecule has 2 aromatic rings. The molecule has 0 saturated carbocycles. The normalized spacial score (nSPS) is 12.0. The topological polar surface area (TPSA) is 95.3 Å². The van der Waals surface area contributed by atoms with Gasteiger partial charge in [0.2, 0.25) is 0 Å². The Labute approximate surface area is 97.5 Å². The maximum Gasteiger partial charge on any atom is 0.349 e. The second kappa shape index (κ2) is 3.85. The number of H-pyrrole nitrogens is 1. The quantitative estimate of drug-likeness (QED) is 0.693. The molecule has 7 heteroatoms. The lowest BCUT2D eigenvalue weighted by Crippen LogP contribution is -2.35. The summed E-state index contributed by atoms with van der Waals surface area (Å²) in [5.74, 6) is 1.12. The summed E-state index contributed by atoms with van der Waals surface area (Å²) >= 11 is 0. The standard InChI is InChI=1S/C10H15N5O2/c1-6-11-7(12-10(2,3)5-16)4-8-13-14-9(17)15(6)8/h4,12,16H,5H2,1-3H3,(H,14,17). The zero-order valence-electron chi connectivity index (χ0n) is 9.98. The number of aryl methyl sites for hydroxylation is 1. The van der Waals surface area contributed by atoms with E-state index in [2.05, 4.69) is 20.5 Å². The SMILES string of the molecule is Cc1nc(NC(C)(C)CO)cc2n[nH]c(=O)n12. The van der Waals surface area contributed by atoms with Crippen LogP contribution in [-0.4, -0.2) is 36.8 Å². The van der Waals surface area contributed by atoms with Crippen molar-refractivity contribution in [3.8, 4) is 0 Å². The molecule has 0 amide bonds. The first-order valence-electron chi connectivity index (χ1n) is 5.27. The Morgan fingerprint density at radius 3 is 2.94 bits per heavy atom. The van der Waals surface area contributed by atoms with Crippen LogP contribution in [-0.2, 0) is 0 Å². The zero-order chi connectivity index (χ0) is 12.6. The lowest BCUT2D eigenvalue weighted by Gasteiger charge is -2.24. The summed E-state index contributed by atoms with van der Waals surface area (Å²) in [5, 5.41) is 18.5. The molecule has 0 aromatic carbocycles. The van der Waals surface area contributed by atoms with E-state index in [4.69, 9.17) is 0 Å². The van der Waals surface area contributed by atoms with Gasteiger partial charge in [0.1, 0.15) is 11.6 Å². The average Bonchev–Trinajstić information content (AvgIpc) is 2.60. The number of aliphatic hydroxyl groups is 1. The molecule has 0 aliphatic carbocycles. The molecule has 0 unspecified atom stereocenters. The molecule has 17 heavy (non-hydrogen) atoms. The average molecular weight is 237 g/mol. The van der Waals surface area contributed by atoms with Crippen molar-refractivity contribution in [2.45, 2.75) is 26.3 Å². The van der Waals surface area contributed by atoms with Gasteiger partial charge in [0.05, 0.1) is 12.1 Å². The van der Waals surface area contributed by atoms with Crippen LogP contribution >= 0.6 is 0 Å². The molecule has 7 nitrogen and oxygen atoms in total. The summed E-state index contributed by atoms with van der Waals surface area (Å²) in [5.41, 5.74) is -0.286. The van der Waals surface area contributed by atoms with Gasteiger partial charge < -0.3 is 10.4 Å². The smallest absolute Gasteiger partial charge is 0.349 e. The summed E-state index contributed by atoms with van der Waals surface area (Å²) in [6.07, 6.45) is 0. The number of aromatic amines is 1. The minimum absolute atomic E-state index is 0.0215. The van der Waals surface area contributed by atoms with Crippen molar-refractivity contribution >= 4 is 11.5 Å². The number of hydrogen-bond donors (Lipinski definition) is 3. The summed E-state index contributed by atoms with van der Waals surface area (Å²) in [6, 6.07) is 1.66. The molecule has 2 heterocycles. The molecule has 0 radical (unpaired) electrons. The number of aliphatic hydroxyl groups excluding tert-OH is 1. The first-order valence-corrected chi connectivity index (χ1v) is 5.27. The lowest BCUT2D eigenvalue weighted by atomic mass is 10.1. The maximum absolute atomic E-state index is 11.4. The van der Waals surface area contributed by atoms with Crippen LogP contribution in [0.3, 0.4) is 0 Å². The Kier molecular flexibility index (Phi) is 2.62. The molecular formula is C10H15N5O2. The van der Waals surface area contributed by atoms with E-state index >= 15 is 0 Å². The van der Waals surface area contributed by atoms with Crippen molar-refractivity contribution in [3.63, 3.8) is 0 Å². The Balaban J connectivity index is 2.48. The van der Waals surface area contributed by atoms with Gasteiger partial charge in [0.25, 0.3) is 0 Å². The fraction of sp³-hybridized carbons (Fsp3) is 0.500. The van der Waals surface area contributed by atoms with E-state index in [9.17, 15) is 9.90 Å². The fourth-order valence-electron chi connectivity index (χ4n) is 1.55. The van der Waals surface area contributed by atoms with Crippen LogP contribution in [0.1, 0.15) is 19.7 Å². The Morgan fingerprint density at radius 1 is 1.59 bits per heavy atom. The van der Waals surface area contributed by atoms with Crippen molar-refractivity contribution in [1.82, 2.24) is 19.6 Å². The van der Waals surface area contributed by atoms with Crippen molar-refractivity contribution in [2.75, 3.05) is 11.9 Å². The number of fused-ring (bicyclic) bond motifs is 1. The number of nitrogens with one attached hydrogen (secondary N) is 2. The molecule has 0 spiro atoms. The number of hydrogen-bond acceptors (Lipinski definition) is 5. The van der Waals surface area contributed by atoms with Crippen LogP contribution in [0.2, 0.25) is 0 Å². The molecule has 0 fully saturated rings. The number of nitrogens with zero attached hydrogens (tertiary/aromatic N) is 3. The molecule has 92 valence electrons. The molecule has 0 aliphatic rings. The third-order valence-electron chi connectivity index (χ3n) is 2.43. The first-order chi connectivity index (χ1) is 7.93. The predicted molar refractivity (Wildman–Crippen MR) is 63.1 cm³/mol. The molecule has 0 bridgehead atoms. The van der Waals surface area contributed by atoms with Crippen molar-refractivity contribution < 1.29 is 5.11 Å². The van der Waals surface area contributed by atoms with E-state index in [0.717, 1.165) is 0 Å². The molecule has 3 N–H and O–H groups in total. The van der Waals surface area contributed by atoms with Gasteiger partial charge in [-0.25, -0.2) is 19.3 Å². The highest BCUT2D eigenvalue weighted by Gasteiger charge is 2.17. The second-order valence-corrected chi connectivity index (χ2v) is 4.58. The van der Waals surface area contributed by atoms with E-state index in [0.29, 0.717) is 17.3 Å². The molecule has 2 rings (SSSR count). The minimum Gasteiger partial charge on any atom is -0.394 e. The van der Waals surface area contributed by atoms with Crippen molar-refractivity contribution in [1.29, 1.82) is 0 Å². The molecule has 0 atom stereocenters. The molecule has 0 aliphatic heterocycles. The Hall–Kier alpha value is -1.89. The number of rotatable bonds is 3. The highest BCUT2D eigenvalue weighted by molar-refractivity contribution is 5.50. The second-order valence-electron chi connectivity index (χ2n) is 4.58. The van der Waals surface area contributed by atoms with Gasteiger partial charge in [-0.05, 0) is 20.8 Å². The molecular weight excluding hydrogens is 222 g/mol. The summed E-state index contributed by atoms with van der Waals surface area (Å²) in [6.45, 7) is 5.41. The van der Waals surface area contributed by atoms with Crippen LogP contribution in [0.4, 0.5) is 5.82 Å². The summed E-state index contributed by atoms with van der Waals surface area (Å²) in [7, 11) is 0. The highest BCUT2D eigenvalue weighted by Crippen LogP contribution is 2.14. The van der Waals surface area contributed by atoms with Gasteiger partial charge in [0, 0.05) is 6.07 Å². The van der Waals surface area contributed by atoms with E-state index in [1.54, 1.807) is 13.0 Å². The lowest BCUT2D eigenvalue weighted by molar-refractivity contribution is 0.234. The van der Waals surface area contributed by atoms with E-state index in [-0.39, 0.29) is 12.3 Å². The third-order valence-corrected chi connectivity index (χ3v) is 2.43. The monoisotopic (exact) mass is 237 g/mol. The summed E-state index contributed by atoms with van der Waals surface area (Å²) < 4.78 is 1.39. The van der Waals surface area contributed by atoms with Gasteiger partial charge in [-0.1, -0.05) is 0 Å². The van der Waals surface area contributed by atoms with Crippen molar-refractivity contribution in [3.05, 3.63) is 22.4 Å². The van der Waals surface area contributed by atoms with E-state index in [1.807, 2.05) is 13.8 Å². The fourth-order valence-corrected chi connectivity index (χ4v) is 1.55. The largest absolute Gasteiger partial charge is 0.394 e. The minimum atomic E-state index is -0.478. The van der Waals surface area contributed by atoms with Gasteiger partial charge in [-0.3, -0.25) is 0 Å². The van der Waals surface area contributed by atoms with E-state index < -0.39 is 5.54 Å². The highest BCUT2D eigenvalue weighted by atomic mass is 16.3. The summed E-state index contributed by atoms with van der Waals surface area (Å²) in [4.78, 5) is 15.6. The van der Waals surface area contributed by atoms with Crippen LogP contribution in [0.15, 0.2) is 10.9 Å². The van der Waals surface area contributed by atoms with Crippen LogP contribution in [0, 0.1) is 6.92 Å². The van der Waals surface area contributed by atoms with Crippen molar-refractivity contribution in [2.24, 2.45) is 0 Å². The van der Waals surface area contributed by atoms with E-state index in [1.165, 1.54) is 4.40 Å². The van der Waals surface area contributed by atoms with Gasteiger partial charge >= 0.3 is 5.69 Å². The van der Waals surface area contributed by atoms with Gasteiger partial charge in [-0.15, -0.1) is 0 Å². The number of anilines is 1. The molecule has 2 aromatic heterocycles.